The number of rotatable bonds is 2. The van der Waals surface area contributed by atoms with Gasteiger partial charge in [0.25, 0.3) is 5.69 Å². The molecule has 2 aromatic rings. The lowest BCUT2D eigenvalue weighted by molar-refractivity contribution is -0.384. The summed E-state index contributed by atoms with van der Waals surface area (Å²) in [4.78, 5) is 18.7. The zero-order valence-electron chi connectivity index (χ0n) is 6.95. The maximum Gasteiger partial charge on any atom is 0.280 e. The quantitative estimate of drug-likeness (QED) is 0.558. The van der Waals surface area contributed by atoms with Crippen LogP contribution < -0.4 is 0 Å². The van der Waals surface area contributed by atoms with Crippen LogP contribution in [-0.2, 0) is 0 Å². The highest BCUT2D eigenvalue weighted by Gasteiger charge is 2.11. The van der Waals surface area contributed by atoms with Crippen molar-refractivity contribution in [2.24, 2.45) is 0 Å². The lowest BCUT2D eigenvalue weighted by Crippen LogP contribution is -1.84. The van der Waals surface area contributed by atoms with E-state index in [0.717, 1.165) is 0 Å². The first-order valence-electron chi connectivity index (χ1n) is 3.77. The van der Waals surface area contributed by atoms with Gasteiger partial charge in [-0.1, -0.05) is 0 Å². The molecule has 0 bridgehead atoms. The van der Waals surface area contributed by atoms with Crippen LogP contribution in [-0.4, -0.2) is 14.9 Å². The Morgan fingerprint density at radius 3 is 2.64 bits per heavy atom. The molecule has 5 nitrogen and oxygen atoms in total. The van der Waals surface area contributed by atoms with Crippen LogP contribution in [0.1, 0.15) is 0 Å². The van der Waals surface area contributed by atoms with Crippen LogP contribution in [0, 0.1) is 10.1 Å². The van der Waals surface area contributed by atoms with Gasteiger partial charge in [-0.2, -0.15) is 0 Å². The van der Waals surface area contributed by atoms with Gasteiger partial charge in [0.2, 0.25) is 0 Å². The second-order valence-corrected chi connectivity index (χ2v) is 3.41. The van der Waals surface area contributed by atoms with Crippen molar-refractivity contribution in [3.05, 3.63) is 40.0 Å². The molecule has 2 heterocycles. The molecule has 0 radical (unpaired) electrons. The van der Waals surface area contributed by atoms with Gasteiger partial charge in [-0.15, -0.1) is 11.3 Å². The predicted molar refractivity (Wildman–Crippen MR) is 52.0 cm³/mol. The Hall–Kier alpha value is -1.82. The van der Waals surface area contributed by atoms with Crippen LogP contribution in [0.2, 0.25) is 0 Å². The number of aromatic nitrogens is 2. The molecule has 6 heteroatoms. The SMILES string of the molecule is O=[N+]([O-])c1csc(-c2ncccn2)c1. The molecule has 0 fully saturated rings. The van der Waals surface area contributed by atoms with Crippen molar-refractivity contribution in [2.45, 2.75) is 0 Å². The summed E-state index contributed by atoms with van der Waals surface area (Å²) in [5.41, 5.74) is 0.0810. The molecule has 0 saturated carbocycles. The molecule has 0 amide bonds. The normalized spacial score (nSPS) is 10.0. The standard InChI is InChI=1S/C8H5N3O2S/c12-11(13)6-4-7(14-5-6)8-9-2-1-3-10-8/h1-5H. The Labute approximate surface area is 83.2 Å². The Balaban J connectivity index is 2.39. The van der Waals surface area contributed by atoms with Gasteiger partial charge in [-0.05, 0) is 6.07 Å². The molecule has 0 aliphatic carbocycles. The summed E-state index contributed by atoms with van der Waals surface area (Å²) >= 11 is 1.26. The molecule has 0 spiro atoms. The van der Waals surface area contributed by atoms with Crippen molar-refractivity contribution in [1.29, 1.82) is 0 Å². The second kappa shape index (κ2) is 3.51. The molecule has 0 aliphatic rings. The molecule has 2 aromatic heterocycles. The van der Waals surface area contributed by atoms with Gasteiger partial charge in [0.05, 0.1) is 15.2 Å². The van der Waals surface area contributed by atoms with Crippen molar-refractivity contribution < 1.29 is 4.92 Å². The lowest BCUT2D eigenvalue weighted by atomic mass is 10.4. The van der Waals surface area contributed by atoms with Crippen molar-refractivity contribution in [1.82, 2.24) is 9.97 Å². The highest BCUT2D eigenvalue weighted by molar-refractivity contribution is 7.13. The van der Waals surface area contributed by atoms with E-state index < -0.39 is 4.92 Å². The van der Waals surface area contributed by atoms with Gasteiger partial charge in [0.1, 0.15) is 0 Å². The average molecular weight is 207 g/mol. The molecular weight excluding hydrogens is 202 g/mol. The molecule has 2 rings (SSSR count). The van der Waals surface area contributed by atoms with E-state index >= 15 is 0 Å². The largest absolute Gasteiger partial charge is 0.280 e. The van der Waals surface area contributed by atoms with E-state index in [1.165, 1.54) is 22.8 Å². The van der Waals surface area contributed by atoms with Gasteiger partial charge >= 0.3 is 0 Å². The Kier molecular flexibility index (Phi) is 2.19. The smallest absolute Gasteiger partial charge is 0.258 e. The lowest BCUT2D eigenvalue weighted by Gasteiger charge is -1.90. The minimum absolute atomic E-state index is 0.0810. The van der Waals surface area contributed by atoms with E-state index in [1.54, 1.807) is 18.5 Å². The predicted octanol–water partition coefficient (Wildman–Crippen LogP) is 2.11. The molecule has 0 unspecified atom stereocenters. The topological polar surface area (TPSA) is 68.9 Å². The van der Waals surface area contributed by atoms with E-state index in [-0.39, 0.29) is 5.69 Å². The Bertz CT molecular complexity index is 455. The van der Waals surface area contributed by atoms with Crippen LogP contribution in [0.25, 0.3) is 10.7 Å². The van der Waals surface area contributed by atoms with E-state index in [9.17, 15) is 10.1 Å². The third-order valence-electron chi connectivity index (χ3n) is 1.58. The van der Waals surface area contributed by atoms with E-state index in [0.29, 0.717) is 10.7 Å². The molecule has 0 aromatic carbocycles. The maximum absolute atomic E-state index is 10.4. The van der Waals surface area contributed by atoms with Gasteiger partial charge in [-0.25, -0.2) is 9.97 Å². The summed E-state index contributed by atoms with van der Waals surface area (Å²) in [6, 6.07) is 3.17. The second-order valence-electron chi connectivity index (χ2n) is 2.50. The highest BCUT2D eigenvalue weighted by atomic mass is 32.1. The van der Waals surface area contributed by atoms with E-state index in [1.807, 2.05) is 0 Å². The molecule has 0 N–H and O–H groups in total. The highest BCUT2D eigenvalue weighted by Crippen LogP contribution is 2.27. The fraction of sp³-hybridized carbons (Fsp3) is 0. The van der Waals surface area contributed by atoms with Crippen LogP contribution >= 0.6 is 11.3 Å². The third kappa shape index (κ3) is 1.60. The summed E-state index contributed by atoms with van der Waals surface area (Å²) in [7, 11) is 0. The van der Waals surface area contributed by atoms with Crippen molar-refractivity contribution in [3.8, 4) is 10.7 Å². The molecule has 0 saturated heterocycles. The molecule has 0 aliphatic heterocycles. The van der Waals surface area contributed by atoms with Gasteiger partial charge in [-0.3, -0.25) is 10.1 Å². The first kappa shape index (κ1) is 8.76. The fourth-order valence-corrected chi connectivity index (χ4v) is 1.77. The molecular formula is C8H5N3O2S. The summed E-state index contributed by atoms with van der Waals surface area (Å²) in [5.74, 6) is 0.519. The van der Waals surface area contributed by atoms with Crippen molar-refractivity contribution in [2.75, 3.05) is 0 Å². The first-order chi connectivity index (χ1) is 6.77. The summed E-state index contributed by atoms with van der Waals surface area (Å²) in [5, 5.41) is 11.9. The number of thiophene rings is 1. The van der Waals surface area contributed by atoms with Crippen LogP contribution in [0.15, 0.2) is 29.9 Å². The van der Waals surface area contributed by atoms with Crippen LogP contribution in [0.4, 0.5) is 5.69 Å². The van der Waals surface area contributed by atoms with Crippen LogP contribution in [0.3, 0.4) is 0 Å². The number of hydrogen-bond donors (Lipinski definition) is 0. The molecule has 14 heavy (non-hydrogen) atoms. The minimum atomic E-state index is -0.428. The summed E-state index contributed by atoms with van der Waals surface area (Å²) < 4.78 is 0. The number of hydrogen-bond acceptors (Lipinski definition) is 5. The minimum Gasteiger partial charge on any atom is -0.258 e. The van der Waals surface area contributed by atoms with Gasteiger partial charge < -0.3 is 0 Å². The van der Waals surface area contributed by atoms with E-state index in [2.05, 4.69) is 9.97 Å². The zero-order valence-corrected chi connectivity index (χ0v) is 7.77. The van der Waals surface area contributed by atoms with Gasteiger partial charge in [0, 0.05) is 18.5 Å². The summed E-state index contributed by atoms with van der Waals surface area (Å²) in [6.07, 6.45) is 3.21. The van der Waals surface area contributed by atoms with E-state index in [4.69, 9.17) is 0 Å². The number of nitro groups is 1. The average Bonchev–Trinajstić information content (AvgIpc) is 2.68. The van der Waals surface area contributed by atoms with Crippen LogP contribution in [0.5, 0.6) is 0 Å². The van der Waals surface area contributed by atoms with Crippen molar-refractivity contribution in [3.63, 3.8) is 0 Å². The maximum atomic E-state index is 10.4. The number of nitrogens with zero attached hydrogens (tertiary/aromatic N) is 3. The third-order valence-corrected chi connectivity index (χ3v) is 2.50. The summed E-state index contributed by atoms with van der Waals surface area (Å²) in [6.45, 7) is 0. The fourth-order valence-electron chi connectivity index (χ4n) is 0.966. The zero-order chi connectivity index (χ0) is 9.97. The monoisotopic (exact) mass is 207 g/mol. The van der Waals surface area contributed by atoms with Crippen molar-refractivity contribution >= 4 is 17.0 Å². The Morgan fingerprint density at radius 2 is 2.07 bits per heavy atom. The molecule has 70 valence electrons. The van der Waals surface area contributed by atoms with Gasteiger partial charge in [0.15, 0.2) is 5.82 Å². The molecule has 0 atom stereocenters. The Morgan fingerprint density at radius 1 is 1.36 bits per heavy atom. The first-order valence-corrected chi connectivity index (χ1v) is 4.65.